The smallest absolute Gasteiger partial charge is 0.173 e. The van der Waals surface area contributed by atoms with Crippen LogP contribution in [0.3, 0.4) is 0 Å². The molecule has 0 amide bonds. The number of aromatic amines is 1. The number of nitrogens with one attached hydrogen (secondary N) is 3. The Balaban J connectivity index is 1.34. The number of halogens is 1. The summed E-state index contributed by atoms with van der Waals surface area (Å²) in [6.45, 7) is 1.76. The predicted octanol–water partition coefficient (Wildman–Crippen LogP) is 3.28. The molecule has 3 heterocycles. The standard InChI is InChI=1S/C17H18ClN7S/c18-11-2-1-3-13(8-11)23-17(26)25-6-4-12(5-7-25)22-15-14-9-21-24-16(14)20-10-19-15/h1-3,8-10,12H,4-7H2,(H,23,26)(H2,19,20,21,22,24). The van der Waals surface area contributed by atoms with Crippen molar-refractivity contribution in [3.63, 3.8) is 0 Å². The van der Waals surface area contributed by atoms with Crippen molar-refractivity contribution in [2.45, 2.75) is 18.9 Å². The molecular weight excluding hydrogens is 370 g/mol. The van der Waals surface area contributed by atoms with Gasteiger partial charge in [-0.15, -0.1) is 0 Å². The number of H-pyrrole nitrogens is 1. The van der Waals surface area contributed by atoms with Gasteiger partial charge in [0.15, 0.2) is 10.8 Å². The fraction of sp³-hybridized carbons (Fsp3) is 0.294. The van der Waals surface area contributed by atoms with Crippen molar-refractivity contribution in [3.05, 3.63) is 41.8 Å². The number of nitrogens with zero attached hydrogens (tertiary/aromatic N) is 4. The fourth-order valence-electron chi connectivity index (χ4n) is 3.07. The Bertz CT molecular complexity index is 920. The molecule has 9 heteroatoms. The highest BCUT2D eigenvalue weighted by Crippen LogP contribution is 2.21. The molecule has 0 bridgehead atoms. The number of likely N-dealkylation sites (tertiary alicyclic amines) is 1. The average molecular weight is 388 g/mol. The second-order valence-corrected chi connectivity index (χ2v) is 7.02. The van der Waals surface area contributed by atoms with Gasteiger partial charge in [-0.25, -0.2) is 9.97 Å². The summed E-state index contributed by atoms with van der Waals surface area (Å²) in [5.74, 6) is 0.821. The van der Waals surface area contributed by atoms with E-state index in [-0.39, 0.29) is 0 Å². The van der Waals surface area contributed by atoms with Crippen LogP contribution >= 0.6 is 23.8 Å². The summed E-state index contributed by atoms with van der Waals surface area (Å²) < 4.78 is 0. The van der Waals surface area contributed by atoms with E-state index in [9.17, 15) is 0 Å². The summed E-state index contributed by atoms with van der Waals surface area (Å²) in [5, 5.41) is 16.0. The number of rotatable bonds is 3. The molecular formula is C17H18ClN7S. The molecule has 1 aromatic carbocycles. The summed E-state index contributed by atoms with van der Waals surface area (Å²) in [6, 6.07) is 7.91. The molecule has 1 aliphatic rings. The first-order valence-electron chi connectivity index (χ1n) is 8.41. The summed E-state index contributed by atoms with van der Waals surface area (Å²) in [4.78, 5) is 10.7. The van der Waals surface area contributed by atoms with Gasteiger partial charge < -0.3 is 15.5 Å². The van der Waals surface area contributed by atoms with E-state index in [4.69, 9.17) is 23.8 Å². The lowest BCUT2D eigenvalue weighted by Crippen LogP contribution is -2.44. The Hall–Kier alpha value is -2.45. The molecule has 0 unspecified atom stereocenters. The van der Waals surface area contributed by atoms with Gasteiger partial charge in [0.05, 0.1) is 11.6 Å². The minimum absolute atomic E-state index is 0.341. The zero-order valence-corrected chi connectivity index (χ0v) is 15.5. The lowest BCUT2D eigenvalue weighted by atomic mass is 10.1. The highest BCUT2D eigenvalue weighted by molar-refractivity contribution is 7.80. The van der Waals surface area contributed by atoms with E-state index in [0.29, 0.717) is 11.1 Å². The predicted molar refractivity (Wildman–Crippen MR) is 108 cm³/mol. The molecule has 0 spiro atoms. The molecule has 0 radical (unpaired) electrons. The maximum absolute atomic E-state index is 6.02. The molecule has 2 aromatic heterocycles. The number of benzene rings is 1. The topological polar surface area (TPSA) is 81.8 Å². The minimum Gasteiger partial charge on any atom is -0.366 e. The van der Waals surface area contributed by atoms with Gasteiger partial charge >= 0.3 is 0 Å². The van der Waals surface area contributed by atoms with Crippen LogP contribution < -0.4 is 10.6 Å². The van der Waals surface area contributed by atoms with Crippen molar-refractivity contribution in [3.8, 4) is 0 Å². The molecule has 3 aromatic rings. The Labute approximate surface area is 161 Å². The van der Waals surface area contributed by atoms with Crippen LogP contribution in [0.4, 0.5) is 11.5 Å². The SMILES string of the molecule is S=C(Nc1cccc(Cl)c1)N1CCC(Nc2ncnc3[nH]ncc23)CC1. The van der Waals surface area contributed by atoms with E-state index < -0.39 is 0 Å². The molecule has 1 fully saturated rings. The van der Waals surface area contributed by atoms with E-state index in [1.807, 2.05) is 24.3 Å². The van der Waals surface area contributed by atoms with E-state index in [1.54, 1.807) is 12.5 Å². The van der Waals surface area contributed by atoms with Crippen LogP contribution in [0.2, 0.25) is 5.02 Å². The molecule has 4 rings (SSSR count). The lowest BCUT2D eigenvalue weighted by Gasteiger charge is -2.34. The first-order chi connectivity index (χ1) is 12.7. The molecule has 0 saturated carbocycles. The van der Waals surface area contributed by atoms with Crippen molar-refractivity contribution >= 4 is 51.5 Å². The number of thiocarbonyl (C=S) groups is 1. The maximum Gasteiger partial charge on any atom is 0.173 e. The van der Waals surface area contributed by atoms with Gasteiger partial charge in [-0.05, 0) is 43.3 Å². The van der Waals surface area contributed by atoms with Crippen LogP contribution in [0.5, 0.6) is 0 Å². The number of piperidine rings is 1. The van der Waals surface area contributed by atoms with Gasteiger partial charge in [-0.1, -0.05) is 17.7 Å². The van der Waals surface area contributed by atoms with Gasteiger partial charge in [-0.2, -0.15) is 5.10 Å². The normalized spacial score (nSPS) is 15.2. The largest absolute Gasteiger partial charge is 0.366 e. The third kappa shape index (κ3) is 3.71. The van der Waals surface area contributed by atoms with E-state index in [1.165, 1.54) is 0 Å². The van der Waals surface area contributed by atoms with Crippen molar-refractivity contribution in [1.82, 2.24) is 25.1 Å². The second kappa shape index (κ2) is 7.43. The summed E-state index contributed by atoms with van der Waals surface area (Å²) in [6.07, 6.45) is 5.24. The molecule has 134 valence electrons. The average Bonchev–Trinajstić information content (AvgIpc) is 3.12. The minimum atomic E-state index is 0.341. The Morgan fingerprint density at radius 3 is 2.92 bits per heavy atom. The Morgan fingerprint density at radius 1 is 1.27 bits per heavy atom. The highest BCUT2D eigenvalue weighted by Gasteiger charge is 2.22. The van der Waals surface area contributed by atoms with Crippen LogP contribution in [-0.2, 0) is 0 Å². The van der Waals surface area contributed by atoms with Gasteiger partial charge in [0, 0.05) is 29.8 Å². The van der Waals surface area contributed by atoms with Crippen LogP contribution in [-0.4, -0.2) is 49.3 Å². The molecule has 7 nitrogen and oxygen atoms in total. The Kier molecular flexibility index (Phi) is 4.85. The van der Waals surface area contributed by atoms with E-state index >= 15 is 0 Å². The zero-order valence-electron chi connectivity index (χ0n) is 13.9. The van der Waals surface area contributed by atoms with Crippen LogP contribution in [0.1, 0.15) is 12.8 Å². The summed E-state index contributed by atoms with van der Waals surface area (Å²) >= 11 is 11.6. The second-order valence-electron chi connectivity index (χ2n) is 6.20. The Morgan fingerprint density at radius 2 is 2.12 bits per heavy atom. The monoisotopic (exact) mass is 387 g/mol. The first-order valence-corrected chi connectivity index (χ1v) is 9.20. The number of aromatic nitrogens is 4. The van der Waals surface area contributed by atoms with Crippen LogP contribution in [0.25, 0.3) is 11.0 Å². The zero-order chi connectivity index (χ0) is 17.9. The third-order valence-corrected chi connectivity index (χ3v) is 5.04. The van der Waals surface area contributed by atoms with Crippen molar-refractivity contribution < 1.29 is 0 Å². The maximum atomic E-state index is 6.02. The number of fused-ring (bicyclic) bond motifs is 1. The quantitative estimate of drug-likeness (QED) is 0.595. The van der Waals surface area contributed by atoms with Crippen LogP contribution in [0.15, 0.2) is 36.8 Å². The highest BCUT2D eigenvalue weighted by atomic mass is 35.5. The van der Waals surface area contributed by atoms with E-state index in [0.717, 1.165) is 53.6 Å². The van der Waals surface area contributed by atoms with Gasteiger partial charge in [0.25, 0.3) is 0 Å². The van der Waals surface area contributed by atoms with Gasteiger partial charge in [0.2, 0.25) is 0 Å². The van der Waals surface area contributed by atoms with Gasteiger partial charge in [-0.3, -0.25) is 5.10 Å². The lowest BCUT2D eigenvalue weighted by molar-refractivity contribution is 0.327. The summed E-state index contributed by atoms with van der Waals surface area (Å²) in [7, 11) is 0. The molecule has 1 saturated heterocycles. The molecule has 26 heavy (non-hydrogen) atoms. The van der Waals surface area contributed by atoms with Crippen molar-refractivity contribution in [2.24, 2.45) is 0 Å². The van der Waals surface area contributed by atoms with Crippen molar-refractivity contribution in [2.75, 3.05) is 23.7 Å². The number of anilines is 2. The molecule has 3 N–H and O–H groups in total. The molecule has 0 atom stereocenters. The third-order valence-electron chi connectivity index (χ3n) is 4.45. The fourth-order valence-corrected chi connectivity index (χ4v) is 3.56. The summed E-state index contributed by atoms with van der Waals surface area (Å²) in [5.41, 5.74) is 1.65. The molecule has 0 aliphatic carbocycles. The first kappa shape index (κ1) is 17.0. The molecule has 1 aliphatic heterocycles. The van der Waals surface area contributed by atoms with Crippen LogP contribution in [0, 0.1) is 0 Å². The van der Waals surface area contributed by atoms with Gasteiger partial charge in [0.1, 0.15) is 12.1 Å². The van der Waals surface area contributed by atoms with E-state index in [2.05, 4.69) is 35.7 Å². The number of hydrogen-bond donors (Lipinski definition) is 3. The van der Waals surface area contributed by atoms with Crippen molar-refractivity contribution in [1.29, 1.82) is 0 Å². The number of hydrogen-bond acceptors (Lipinski definition) is 5.